The van der Waals surface area contributed by atoms with E-state index in [1.165, 1.54) is 12.8 Å². The van der Waals surface area contributed by atoms with Crippen LogP contribution in [0.1, 0.15) is 64.7 Å². The van der Waals surface area contributed by atoms with Gasteiger partial charge in [-0.2, -0.15) is 0 Å². The maximum absolute atomic E-state index is 12.6. The molecule has 4 nitrogen and oxygen atoms in total. The molecule has 0 aromatic heterocycles. The van der Waals surface area contributed by atoms with Crippen molar-refractivity contribution in [1.82, 2.24) is 10.6 Å². The van der Waals surface area contributed by atoms with Crippen LogP contribution in [-0.2, 0) is 4.79 Å². The van der Waals surface area contributed by atoms with Gasteiger partial charge in [0.2, 0.25) is 5.91 Å². The van der Waals surface area contributed by atoms with Crippen molar-refractivity contribution in [2.45, 2.75) is 70.3 Å². The lowest BCUT2D eigenvalue weighted by Gasteiger charge is -2.37. The molecule has 1 heterocycles. The summed E-state index contributed by atoms with van der Waals surface area (Å²) in [4.78, 5) is 12.6. The normalized spacial score (nSPS) is 30.5. The van der Waals surface area contributed by atoms with Gasteiger partial charge in [-0.25, -0.2) is 0 Å². The summed E-state index contributed by atoms with van der Waals surface area (Å²) in [5, 5.41) is 17.0. The summed E-state index contributed by atoms with van der Waals surface area (Å²) in [5.41, 5.74) is -0.942. The van der Waals surface area contributed by atoms with Crippen molar-refractivity contribution in [3.05, 3.63) is 0 Å². The topological polar surface area (TPSA) is 61.4 Å². The number of nitrogens with one attached hydrogen (secondary N) is 2. The second-order valence-electron chi connectivity index (χ2n) is 6.74. The number of carbonyl (C=O) groups excluding carboxylic acids is 1. The minimum absolute atomic E-state index is 0.130. The van der Waals surface area contributed by atoms with E-state index in [4.69, 9.17) is 0 Å². The van der Waals surface area contributed by atoms with Crippen molar-refractivity contribution >= 4 is 5.91 Å². The number of rotatable bonds is 4. The third-order valence-electron chi connectivity index (χ3n) is 5.24. The van der Waals surface area contributed by atoms with Gasteiger partial charge in [0.1, 0.15) is 0 Å². The van der Waals surface area contributed by atoms with E-state index in [-0.39, 0.29) is 11.3 Å². The van der Waals surface area contributed by atoms with Gasteiger partial charge in [0.05, 0.1) is 11.0 Å². The fraction of sp³-hybridized carbons (Fsp3) is 0.938. The maximum Gasteiger partial charge on any atom is 0.227 e. The quantitative estimate of drug-likeness (QED) is 0.691. The van der Waals surface area contributed by atoms with Crippen LogP contribution in [0.2, 0.25) is 0 Å². The van der Waals surface area contributed by atoms with E-state index in [0.29, 0.717) is 6.54 Å². The predicted octanol–water partition coefficient (Wildman–Crippen LogP) is 1.97. The van der Waals surface area contributed by atoms with Crippen molar-refractivity contribution < 1.29 is 9.90 Å². The molecule has 1 amide bonds. The highest BCUT2D eigenvalue weighted by atomic mass is 16.3. The zero-order valence-corrected chi connectivity index (χ0v) is 12.8. The Kier molecular flexibility index (Phi) is 5.44. The van der Waals surface area contributed by atoms with E-state index >= 15 is 0 Å². The van der Waals surface area contributed by atoms with Crippen molar-refractivity contribution in [1.29, 1.82) is 0 Å². The molecule has 2 fully saturated rings. The number of amides is 1. The molecule has 1 aliphatic heterocycles. The fourth-order valence-corrected chi connectivity index (χ4v) is 3.62. The molecule has 1 unspecified atom stereocenters. The summed E-state index contributed by atoms with van der Waals surface area (Å²) in [6, 6.07) is 0. The molecule has 0 aromatic rings. The zero-order valence-electron chi connectivity index (χ0n) is 12.8. The van der Waals surface area contributed by atoms with Gasteiger partial charge in [-0.3, -0.25) is 4.79 Å². The molecule has 20 heavy (non-hydrogen) atoms. The summed E-state index contributed by atoms with van der Waals surface area (Å²) in [5.74, 6) is 0.130. The van der Waals surface area contributed by atoms with Crippen molar-refractivity contribution in [3.63, 3.8) is 0 Å². The second-order valence-corrected chi connectivity index (χ2v) is 6.74. The third kappa shape index (κ3) is 3.73. The highest BCUT2D eigenvalue weighted by Gasteiger charge is 2.39. The standard InChI is InChI=1S/C16H30N2O2/c1-2-15(8-7-11-17-12-15)14(19)18-13-16(20)9-5-3-4-6-10-16/h17,20H,2-13H2,1H3,(H,18,19). The predicted molar refractivity (Wildman–Crippen MR) is 80.5 cm³/mol. The van der Waals surface area contributed by atoms with Gasteiger partial charge in [-0.15, -0.1) is 0 Å². The average Bonchev–Trinajstić information content (AvgIpc) is 2.71. The molecule has 4 heteroatoms. The molecule has 0 aromatic carbocycles. The van der Waals surface area contributed by atoms with Crippen LogP contribution in [0.5, 0.6) is 0 Å². The largest absolute Gasteiger partial charge is 0.388 e. The lowest BCUT2D eigenvalue weighted by Crippen LogP contribution is -2.53. The smallest absolute Gasteiger partial charge is 0.227 e. The number of piperidine rings is 1. The second kappa shape index (κ2) is 6.90. The molecular weight excluding hydrogens is 252 g/mol. The fourth-order valence-electron chi connectivity index (χ4n) is 3.62. The van der Waals surface area contributed by atoms with Gasteiger partial charge < -0.3 is 15.7 Å². The highest BCUT2D eigenvalue weighted by Crippen LogP contribution is 2.31. The van der Waals surface area contributed by atoms with E-state index in [1.807, 2.05) is 0 Å². The summed E-state index contributed by atoms with van der Waals surface area (Å²) in [6.45, 7) is 4.30. The Bertz CT molecular complexity index is 316. The summed E-state index contributed by atoms with van der Waals surface area (Å²) in [7, 11) is 0. The number of hydrogen-bond donors (Lipinski definition) is 3. The Morgan fingerprint density at radius 2 is 1.85 bits per heavy atom. The van der Waals surface area contributed by atoms with Crippen LogP contribution in [0.4, 0.5) is 0 Å². The summed E-state index contributed by atoms with van der Waals surface area (Å²) >= 11 is 0. The first-order valence-corrected chi connectivity index (χ1v) is 8.32. The Morgan fingerprint density at radius 3 is 2.40 bits per heavy atom. The minimum Gasteiger partial charge on any atom is -0.388 e. The molecule has 1 atom stereocenters. The molecule has 3 N–H and O–H groups in total. The van der Waals surface area contributed by atoms with Crippen molar-refractivity contribution in [2.24, 2.45) is 5.41 Å². The van der Waals surface area contributed by atoms with Crippen LogP contribution >= 0.6 is 0 Å². The molecule has 0 bridgehead atoms. The van der Waals surface area contributed by atoms with Gasteiger partial charge in [-0.05, 0) is 38.6 Å². The monoisotopic (exact) mass is 282 g/mol. The van der Waals surface area contributed by atoms with Gasteiger partial charge in [0, 0.05) is 13.1 Å². The lowest BCUT2D eigenvalue weighted by molar-refractivity contribution is -0.133. The minimum atomic E-state index is -0.677. The van der Waals surface area contributed by atoms with Crippen LogP contribution in [0.25, 0.3) is 0 Å². The Balaban J connectivity index is 1.89. The van der Waals surface area contributed by atoms with Crippen LogP contribution in [0, 0.1) is 5.41 Å². The Labute approximate surface area is 122 Å². The number of carbonyl (C=O) groups is 1. The van der Waals surface area contributed by atoms with Gasteiger partial charge in [0.25, 0.3) is 0 Å². The van der Waals surface area contributed by atoms with Crippen LogP contribution in [0.3, 0.4) is 0 Å². The molecule has 0 radical (unpaired) electrons. The van der Waals surface area contributed by atoms with E-state index < -0.39 is 5.60 Å². The molecule has 116 valence electrons. The molecule has 2 aliphatic rings. The van der Waals surface area contributed by atoms with Crippen LogP contribution in [-0.4, -0.2) is 36.2 Å². The number of hydrogen-bond acceptors (Lipinski definition) is 3. The Hall–Kier alpha value is -0.610. The summed E-state index contributed by atoms with van der Waals surface area (Å²) < 4.78 is 0. The molecule has 0 spiro atoms. The first-order valence-electron chi connectivity index (χ1n) is 8.32. The molecule has 1 aliphatic carbocycles. The first kappa shape index (κ1) is 15.8. The Morgan fingerprint density at radius 1 is 1.15 bits per heavy atom. The molecule has 2 rings (SSSR count). The maximum atomic E-state index is 12.6. The number of aliphatic hydroxyl groups is 1. The SMILES string of the molecule is CCC1(C(=O)NCC2(O)CCCCCC2)CCCNC1. The van der Waals surface area contributed by atoms with Crippen LogP contribution in [0.15, 0.2) is 0 Å². The molecule has 1 saturated carbocycles. The van der Waals surface area contributed by atoms with Gasteiger partial charge in [0.15, 0.2) is 0 Å². The molecular formula is C16H30N2O2. The van der Waals surface area contributed by atoms with E-state index in [9.17, 15) is 9.90 Å². The van der Waals surface area contributed by atoms with E-state index in [2.05, 4.69) is 17.6 Å². The highest BCUT2D eigenvalue weighted by molar-refractivity contribution is 5.83. The van der Waals surface area contributed by atoms with Crippen LogP contribution < -0.4 is 10.6 Å². The first-order chi connectivity index (χ1) is 9.60. The van der Waals surface area contributed by atoms with E-state index in [0.717, 1.165) is 58.0 Å². The van der Waals surface area contributed by atoms with Crippen molar-refractivity contribution in [3.8, 4) is 0 Å². The van der Waals surface area contributed by atoms with Crippen molar-refractivity contribution in [2.75, 3.05) is 19.6 Å². The van der Waals surface area contributed by atoms with E-state index in [1.54, 1.807) is 0 Å². The molecule has 1 saturated heterocycles. The van der Waals surface area contributed by atoms with Gasteiger partial charge in [-0.1, -0.05) is 32.6 Å². The average molecular weight is 282 g/mol. The zero-order chi connectivity index (χ0) is 14.5. The lowest BCUT2D eigenvalue weighted by atomic mass is 9.77. The van der Waals surface area contributed by atoms with Gasteiger partial charge >= 0.3 is 0 Å². The summed E-state index contributed by atoms with van der Waals surface area (Å²) in [6.07, 6.45) is 9.10. The third-order valence-corrected chi connectivity index (χ3v) is 5.24.